The second-order valence-corrected chi connectivity index (χ2v) is 6.72. The molecule has 3 N–H and O–H groups in total. The topological polar surface area (TPSA) is 101 Å². The molecule has 0 atom stereocenters. The number of nitrogens with zero attached hydrogens (tertiary/aromatic N) is 1. The molecule has 0 radical (unpaired) electrons. The molecule has 2 amide bonds. The molecule has 0 saturated carbocycles. The quantitative estimate of drug-likeness (QED) is 0.336. The molecule has 0 saturated heterocycles. The molecule has 2 aromatic rings. The van der Waals surface area contributed by atoms with Crippen LogP contribution in [0, 0.1) is 0 Å². The van der Waals surface area contributed by atoms with Gasteiger partial charge in [-0.15, -0.1) is 11.3 Å². The monoisotopic (exact) mass is 377 g/mol. The van der Waals surface area contributed by atoms with Crippen molar-refractivity contribution >= 4 is 23.2 Å². The first-order chi connectivity index (χ1) is 12.7. The highest BCUT2D eigenvalue weighted by Crippen LogP contribution is 2.32. The Kier molecular flexibility index (Phi) is 8.04. The molecule has 140 valence electrons. The minimum atomic E-state index is -0.366. The molecule has 0 aliphatic heterocycles. The summed E-state index contributed by atoms with van der Waals surface area (Å²) in [5.74, 6) is 0.223. The number of carbonyl (C=O) groups excluding carboxylic acids is 2. The van der Waals surface area contributed by atoms with Gasteiger partial charge in [0.15, 0.2) is 0 Å². The zero-order valence-electron chi connectivity index (χ0n) is 14.7. The number of benzene rings is 1. The van der Waals surface area contributed by atoms with Crippen LogP contribution >= 0.6 is 11.3 Å². The summed E-state index contributed by atoms with van der Waals surface area (Å²) in [4.78, 5) is 28.0. The number of amides is 2. The number of methoxy groups -OCH3 is 1. The van der Waals surface area contributed by atoms with Gasteiger partial charge in [-0.05, 0) is 25.0 Å². The van der Waals surface area contributed by atoms with Crippen molar-refractivity contribution in [2.24, 2.45) is 0 Å². The molecule has 1 heterocycles. The van der Waals surface area contributed by atoms with Crippen molar-refractivity contribution < 1.29 is 19.5 Å². The maximum absolute atomic E-state index is 12.2. The standard InChI is InChI=1S/C18H23N3O4S/c1-25-14-9-6-5-8-13(14)18-20-12-15(26-18)17(23)19-11-7-3-2-4-10-16(22)21-24/h5-6,8-9,12,24H,2-4,7,10-11H2,1H3,(H,19,23)(H,21,22). The van der Waals surface area contributed by atoms with Crippen LogP contribution in [-0.2, 0) is 4.79 Å². The maximum atomic E-state index is 12.2. The first-order valence-electron chi connectivity index (χ1n) is 8.46. The lowest BCUT2D eigenvalue weighted by molar-refractivity contribution is -0.129. The molecule has 7 nitrogen and oxygen atoms in total. The Balaban J connectivity index is 1.75. The van der Waals surface area contributed by atoms with Gasteiger partial charge < -0.3 is 10.1 Å². The highest BCUT2D eigenvalue weighted by Gasteiger charge is 2.13. The van der Waals surface area contributed by atoms with E-state index in [0.717, 1.165) is 42.0 Å². The Morgan fingerprint density at radius 3 is 2.73 bits per heavy atom. The fourth-order valence-electron chi connectivity index (χ4n) is 2.43. The molecular formula is C18H23N3O4S. The zero-order valence-corrected chi connectivity index (χ0v) is 15.5. The molecule has 0 aliphatic carbocycles. The largest absolute Gasteiger partial charge is 0.496 e. The molecule has 8 heteroatoms. The molecular weight excluding hydrogens is 354 g/mol. The lowest BCUT2D eigenvalue weighted by atomic mass is 10.1. The normalized spacial score (nSPS) is 10.4. The summed E-state index contributed by atoms with van der Waals surface area (Å²) in [7, 11) is 1.61. The lowest BCUT2D eigenvalue weighted by Gasteiger charge is -2.05. The average molecular weight is 377 g/mol. The minimum Gasteiger partial charge on any atom is -0.496 e. The van der Waals surface area contributed by atoms with E-state index in [-0.39, 0.29) is 11.8 Å². The van der Waals surface area contributed by atoms with E-state index in [1.54, 1.807) is 18.8 Å². The van der Waals surface area contributed by atoms with Gasteiger partial charge in [0.2, 0.25) is 5.91 Å². The number of nitrogens with one attached hydrogen (secondary N) is 2. The number of rotatable bonds is 10. The molecule has 2 rings (SSSR count). The van der Waals surface area contributed by atoms with Crippen molar-refractivity contribution in [1.29, 1.82) is 0 Å². The van der Waals surface area contributed by atoms with Crippen molar-refractivity contribution in [3.05, 3.63) is 35.3 Å². The van der Waals surface area contributed by atoms with Crippen LogP contribution in [0.3, 0.4) is 0 Å². The summed E-state index contributed by atoms with van der Waals surface area (Å²) in [5.41, 5.74) is 2.48. The van der Waals surface area contributed by atoms with Gasteiger partial charge in [0.1, 0.15) is 15.6 Å². The van der Waals surface area contributed by atoms with Crippen LogP contribution in [0.5, 0.6) is 5.75 Å². The van der Waals surface area contributed by atoms with Gasteiger partial charge in [0.25, 0.3) is 5.91 Å². The van der Waals surface area contributed by atoms with Crippen molar-refractivity contribution in [2.45, 2.75) is 32.1 Å². The number of thiazole rings is 1. The van der Waals surface area contributed by atoms with Crippen LogP contribution in [0.4, 0.5) is 0 Å². The van der Waals surface area contributed by atoms with Gasteiger partial charge in [-0.2, -0.15) is 0 Å². The molecule has 0 spiro atoms. The Morgan fingerprint density at radius 2 is 1.96 bits per heavy atom. The average Bonchev–Trinajstić information content (AvgIpc) is 3.16. The van der Waals surface area contributed by atoms with Gasteiger partial charge in [-0.3, -0.25) is 14.8 Å². The van der Waals surface area contributed by atoms with Gasteiger partial charge in [-0.25, -0.2) is 10.5 Å². The van der Waals surface area contributed by atoms with Crippen LogP contribution in [0.15, 0.2) is 30.5 Å². The summed E-state index contributed by atoms with van der Waals surface area (Å²) < 4.78 is 5.33. The zero-order chi connectivity index (χ0) is 18.8. The van der Waals surface area contributed by atoms with Gasteiger partial charge in [0.05, 0.1) is 18.9 Å². The predicted molar refractivity (Wildman–Crippen MR) is 99.4 cm³/mol. The molecule has 0 unspecified atom stereocenters. The third-order valence-corrected chi connectivity index (χ3v) is 4.84. The van der Waals surface area contributed by atoms with E-state index in [9.17, 15) is 9.59 Å². The van der Waals surface area contributed by atoms with Crippen molar-refractivity contribution in [3.63, 3.8) is 0 Å². The van der Waals surface area contributed by atoms with Crippen molar-refractivity contribution in [3.8, 4) is 16.3 Å². The van der Waals surface area contributed by atoms with Crippen molar-refractivity contribution in [1.82, 2.24) is 15.8 Å². The molecule has 1 aromatic carbocycles. The summed E-state index contributed by atoms with van der Waals surface area (Å²) in [6.45, 7) is 0.576. The number of para-hydroxylation sites is 1. The van der Waals surface area contributed by atoms with Crippen LogP contribution < -0.4 is 15.5 Å². The molecule has 1 aromatic heterocycles. The molecule has 0 aliphatic rings. The van der Waals surface area contributed by atoms with E-state index in [1.165, 1.54) is 11.3 Å². The highest BCUT2D eigenvalue weighted by atomic mass is 32.1. The third kappa shape index (κ3) is 5.82. The fourth-order valence-corrected chi connectivity index (χ4v) is 3.30. The number of hydroxylamine groups is 1. The van der Waals surface area contributed by atoms with Crippen LogP contribution in [0.1, 0.15) is 41.8 Å². The van der Waals surface area contributed by atoms with E-state index >= 15 is 0 Å². The van der Waals surface area contributed by atoms with Gasteiger partial charge >= 0.3 is 0 Å². The number of ether oxygens (including phenoxy) is 1. The second kappa shape index (κ2) is 10.5. The first kappa shape index (κ1) is 19.9. The fraction of sp³-hybridized carbons (Fsp3) is 0.389. The SMILES string of the molecule is COc1ccccc1-c1ncc(C(=O)NCCCCCCC(=O)NO)s1. The number of hydrogen-bond acceptors (Lipinski definition) is 6. The van der Waals surface area contributed by atoms with Crippen molar-refractivity contribution in [2.75, 3.05) is 13.7 Å². The smallest absolute Gasteiger partial charge is 0.263 e. The third-order valence-electron chi connectivity index (χ3n) is 3.81. The molecule has 0 bridgehead atoms. The van der Waals surface area contributed by atoms with Crippen LogP contribution in [-0.4, -0.2) is 35.7 Å². The number of aromatic nitrogens is 1. The Hall–Kier alpha value is -2.45. The van der Waals surface area contributed by atoms with E-state index in [2.05, 4.69) is 10.3 Å². The summed E-state index contributed by atoms with van der Waals surface area (Å²) in [6, 6.07) is 7.57. The molecule has 0 fully saturated rings. The number of hydrogen-bond donors (Lipinski definition) is 3. The molecule has 26 heavy (non-hydrogen) atoms. The number of unbranched alkanes of at least 4 members (excludes halogenated alkanes) is 3. The highest BCUT2D eigenvalue weighted by molar-refractivity contribution is 7.16. The van der Waals surface area contributed by atoms with E-state index < -0.39 is 0 Å². The van der Waals surface area contributed by atoms with Gasteiger partial charge in [0, 0.05) is 13.0 Å². The van der Waals surface area contributed by atoms with Gasteiger partial charge in [-0.1, -0.05) is 25.0 Å². The Labute approximate surface area is 156 Å². The van der Waals surface area contributed by atoms with E-state index in [4.69, 9.17) is 9.94 Å². The Morgan fingerprint density at radius 1 is 1.19 bits per heavy atom. The van der Waals surface area contributed by atoms with E-state index in [0.29, 0.717) is 17.8 Å². The summed E-state index contributed by atoms with van der Waals surface area (Å²) >= 11 is 1.33. The first-order valence-corrected chi connectivity index (χ1v) is 9.27. The number of carbonyl (C=O) groups is 2. The van der Waals surface area contributed by atoms with Crippen LogP contribution in [0.25, 0.3) is 10.6 Å². The maximum Gasteiger partial charge on any atom is 0.263 e. The summed E-state index contributed by atoms with van der Waals surface area (Å²) in [5, 5.41) is 12.0. The summed E-state index contributed by atoms with van der Waals surface area (Å²) in [6.07, 6.45) is 5.24. The van der Waals surface area contributed by atoms with Crippen LogP contribution in [0.2, 0.25) is 0 Å². The Bertz CT molecular complexity index is 733. The van der Waals surface area contributed by atoms with E-state index in [1.807, 2.05) is 24.3 Å². The lowest BCUT2D eigenvalue weighted by Crippen LogP contribution is -2.23. The minimum absolute atomic E-state index is 0.136. The second-order valence-electron chi connectivity index (χ2n) is 5.69. The predicted octanol–water partition coefficient (Wildman–Crippen LogP) is 3.00.